The second-order valence-electron chi connectivity index (χ2n) is 11.1. The predicted molar refractivity (Wildman–Crippen MR) is 163 cm³/mol. The van der Waals surface area contributed by atoms with Crippen LogP contribution in [-0.4, -0.2) is 30.0 Å². The number of amides is 1. The lowest BCUT2D eigenvalue weighted by atomic mass is 9.85. The van der Waals surface area contributed by atoms with Crippen LogP contribution in [0.4, 0.5) is 5.69 Å². The molecule has 0 spiro atoms. The third kappa shape index (κ3) is 5.18. The van der Waals surface area contributed by atoms with E-state index in [1.165, 1.54) is 4.90 Å². The normalized spacial score (nSPS) is 16.8. The minimum atomic E-state index is -0.851. The molecule has 1 saturated heterocycles. The number of hydrogen-bond donors (Lipinski definition) is 1. The molecule has 1 atom stereocenters. The predicted octanol–water partition coefficient (Wildman–Crippen LogP) is 7.56. The van der Waals surface area contributed by atoms with Crippen LogP contribution < -0.4 is 14.4 Å². The number of hydrogen-bond acceptors (Lipinski definition) is 5. The Labute approximate surface area is 240 Å². The third-order valence-corrected chi connectivity index (χ3v) is 7.38. The number of fused-ring (bicyclic) bond motifs is 1. The first kappa shape index (κ1) is 28.0. The molecule has 1 heterocycles. The van der Waals surface area contributed by atoms with Gasteiger partial charge >= 0.3 is 0 Å². The number of carbonyl (C=O) groups is 2. The molecule has 6 nitrogen and oxygen atoms in total. The Balaban J connectivity index is 1.76. The van der Waals surface area contributed by atoms with E-state index in [1.54, 1.807) is 18.2 Å². The van der Waals surface area contributed by atoms with Gasteiger partial charge in [0, 0.05) is 11.5 Å². The molecule has 5 rings (SSSR count). The van der Waals surface area contributed by atoms with Gasteiger partial charge in [0.05, 0.1) is 36.1 Å². The lowest BCUT2D eigenvalue weighted by Gasteiger charge is -2.27. The van der Waals surface area contributed by atoms with Crippen molar-refractivity contribution in [3.8, 4) is 11.5 Å². The van der Waals surface area contributed by atoms with E-state index in [2.05, 4.69) is 20.8 Å². The van der Waals surface area contributed by atoms with Crippen molar-refractivity contribution in [3.63, 3.8) is 0 Å². The number of anilines is 1. The highest BCUT2D eigenvalue weighted by atomic mass is 16.5. The fourth-order valence-corrected chi connectivity index (χ4v) is 5.35. The second-order valence-corrected chi connectivity index (χ2v) is 11.1. The molecule has 4 aromatic rings. The summed E-state index contributed by atoms with van der Waals surface area (Å²) in [5.41, 5.74) is 2.69. The Hall–Kier alpha value is -4.58. The van der Waals surface area contributed by atoms with Crippen molar-refractivity contribution in [2.45, 2.75) is 46.1 Å². The first-order chi connectivity index (χ1) is 19.7. The number of aliphatic hydroxyl groups is 1. The molecule has 1 amide bonds. The molecular weight excluding hydrogens is 514 g/mol. The zero-order valence-corrected chi connectivity index (χ0v) is 24.1. The van der Waals surface area contributed by atoms with E-state index in [9.17, 15) is 14.7 Å². The summed E-state index contributed by atoms with van der Waals surface area (Å²) in [4.78, 5) is 29.2. The molecule has 1 unspecified atom stereocenters. The summed E-state index contributed by atoms with van der Waals surface area (Å²) in [7, 11) is 0. The standard InChI is InChI=1S/C35H35NO5/c1-6-40-25-19-20-27(29(21-25)41-7-2)32(37)30-31(23-15-17-24(18-16-23)35(3,4)5)36(34(39)33(30)38)28-14-10-12-22-11-8-9-13-26(22)28/h8-21,31,37H,6-7H2,1-5H3/b32-30+. The highest BCUT2D eigenvalue weighted by molar-refractivity contribution is 6.52. The monoisotopic (exact) mass is 549 g/mol. The van der Waals surface area contributed by atoms with Crippen LogP contribution in [0.1, 0.15) is 57.4 Å². The molecule has 0 aliphatic carbocycles. The van der Waals surface area contributed by atoms with Crippen molar-refractivity contribution in [3.05, 3.63) is 107 Å². The van der Waals surface area contributed by atoms with Gasteiger partial charge in [0.15, 0.2) is 0 Å². The molecule has 0 radical (unpaired) electrons. The average Bonchev–Trinajstić information content (AvgIpc) is 3.22. The number of benzene rings is 4. The summed E-state index contributed by atoms with van der Waals surface area (Å²) < 4.78 is 11.5. The number of Topliss-reactive ketones (excluding diaryl/α,β-unsaturated/α-hetero) is 1. The highest BCUT2D eigenvalue weighted by Gasteiger charge is 2.47. The molecule has 1 fully saturated rings. The van der Waals surface area contributed by atoms with Crippen LogP contribution in [0.25, 0.3) is 16.5 Å². The molecule has 0 aromatic heterocycles. The molecule has 0 bridgehead atoms. The number of aliphatic hydroxyl groups excluding tert-OH is 1. The quantitative estimate of drug-likeness (QED) is 0.146. The van der Waals surface area contributed by atoms with Crippen LogP contribution in [0, 0.1) is 0 Å². The maximum atomic E-state index is 13.8. The van der Waals surface area contributed by atoms with Gasteiger partial charge in [-0.15, -0.1) is 0 Å². The van der Waals surface area contributed by atoms with Crippen molar-refractivity contribution >= 4 is 33.9 Å². The number of ketones is 1. The van der Waals surface area contributed by atoms with E-state index in [0.29, 0.717) is 36.0 Å². The first-order valence-corrected chi connectivity index (χ1v) is 13.9. The van der Waals surface area contributed by atoms with Crippen LogP contribution in [0.2, 0.25) is 0 Å². The lowest BCUT2D eigenvalue weighted by molar-refractivity contribution is -0.132. The minimum Gasteiger partial charge on any atom is -0.507 e. The number of carbonyl (C=O) groups excluding carboxylic acids is 2. The number of rotatable bonds is 7. The fourth-order valence-electron chi connectivity index (χ4n) is 5.35. The first-order valence-electron chi connectivity index (χ1n) is 13.9. The zero-order valence-electron chi connectivity index (χ0n) is 24.1. The SMILES string of the molecule is CCOc1ccc(/C(O)=C2\C(=O)C(=O)N(c3cccc4ccccc34)C2c2ccc(C(C)(C)C)cc2)c(OCC)c1. The number of nitrogens with zero attached hydrogens (tertiary/aromatic N) is 1. The smallest absolute Gasteiger partial charge is 0.300 e. The van der Waals surface area contributed by atoms with E-state index in [1.807, 2.05) is 80.6 Å². The van der Waals surface area contributed by atoms with Gasteiger partial charge in [-0.25, -0.2) is 0 Å². The third-order valence-electron chi connectivity index (χ3n) is 7.38. The van der Waals surface area contributed by atoms with Crippen LogP contribution in [0.5, 0.6) is 11.5 Å². The van der Waals surface area contributed by atoms with Crippen molar-refractivity contribution in [1.82, 2.24) is 0 Å². The molecule has 6 heteroatoms. The summed E-state index contributed by atoms with van der Waals surface area (Å²) >= 11 is 0. The number of ether oxygens (including phenoxy) is 2. The van der Waals surface area contributed by atoms with Gasteiger partial charge < -0.3 is 14.6 Å². The minimum absolute atomic E-state index is 0.0107. The molecular formula is C35H35NO5. The Morgan fingerprint density at radius 3 is 2.22 bits per heavy atom. The van der Waals surface area contributed by atoms with E-state index in [0.717, 1.165) is 21.9 Å². The fraction of sp³-hybridized carbons (Fsp3) is 0.257. The van der Waals surface area contributed by atoms with Gasteiger partial charge in [0.1, 0.15) is 17.3 Å². The topological polar surface area (TPSA) is 76.1 Å². The van der Waals surface area contributed by atoms with Gasteiger partial charge in [0.2, 0.25) is 0 Å². The Morgan fingerprint density at radius 1 is 0.854 bits per heavy atom. The van der Waals surface area contributed by atoms with Crippen LogP contribution >= 0.6 is 0 Å². The van der Waals surface area contributed by atoms with Gasteiger partial charge in [-0.05, 0) is 54.0 Å². The van der Waals surface area contributed by atoms with Crippen molar-refractivity contribution in [2.75, 3.05) is 18.1 Å². The zero-order chi connectivity index (χ0) is 29.3. The molecule has 0 saturated carbocycles. The Morgan fingerprint density at radius 2 is 1.54 bits per heavy atom. The van der Waals surface area contributed by atoms with Gasteiger partial charge in [-0.2, -0.15) is 0 Å². The molecule has 4 aromatic carbocycles. The molecule has 210 valence electrons. The van der Waals surface area contributed by atoms with Crippen molar-refractivity contribution in [1.29, 1.82) is 0 Å². The van der Waals surface area contributed by atoms with E-state index < -0.39 is 17.7 Å². The van der Waals surface area contributed by atoms with Gasteiger partial charge in [0.25, 0.3) is 11.7 Å². The molecule has 1 aliphatic rings. The highest BCUT2D eigenvalue weighted by Crippen LogP contribution is 2.45. The largest absolute Gasteiger partial charge is 0.507 e. The summed E-state index contributed by atoms with van der Waals surface area (Å²) in [6, 6.07) is 25.5. The van der Waals surface area contributed by atoms with Crippen LogP contribution in [0.15, 0.2) is 90.5 Å². The van der Waals surface area contributed by atoms with Gasteiger partial charge in [-0.1, -0.05) is 81.4 Å². The second kappa shape index (κ2) is 11.1. The molecule has 1 N–H and O–H groups in total. The summed E-state index contributed by atoms with van der Waals surface area (Å²) in [5.74, 6) is -0.789. The van der Waals surface area contributed by atoms with Crippen molar-refractivity contribution in [2.24, 2.45) is 0 Å². The maximum Gasteiger partial charge on any atom is 0.300 e. The summed E-state index contributed by atoms with van der Waals surface area (Å²) in [5, 5.41) is 13.6. The van der Waals surface area contributed by atoms with E-state index in [4.69, 9.17) is 9.47 Å². The maximum absolute atomic E-state index is 13.8. The summed E-state index contributed by atoms with van der Waals surface area (Å²) in [6.07, 6.45) is 0. The van der Waals surface area contributed by atoms with Crippen molar-refractivity contribution < 1.29 is 24.2 Å². The average molecular weight is 550 g/mol. The molecule has 1 aliphatic heterocycles. The van der Waals surface area contributed by atoms with Crippen LogP contribution in [-0.2, 0) is 15.0 Å². The van der Waals surface area contributed by atoms with E-state index >= 15 is 0 Å². The van der Waals surface area contributed by atoms with Gasteiger partial charge in [-0.3, -0.25) is 14.5 Å². The Bertz CT molecular complexity index is 1640. The molecule has 41 heavy (non-hydrogen) atoms. The Kier molecular flexibility index (Phi) is 7.59. The summed E-state index contributed by atoms with van der Waals surface area (Å²) in [6.45, 7) is 10.9. The lowest BCUT2D eigenvalue weighted by Crippen LogP contribution is -2.29. The van der Waals surface area contributed by atoms with Crippen LogP contribution in [0.3, 0.4) is 0 Å². The van der Waals surface area contributed by atoms with E-state index in [-0.39, 0.29) is 16.7 Å².